The minimum atomic E-state index is -0.145. The molecule has 0 fully saturated rings. The molecule has 6 nitrogen and oxygen atoms in total. The molecular formula is C18H20N4O2. The van der Waals surface area contributed by atoms with Gasteiger partial charge in [-0.05, 0) is 32.9 Å². The molecule has 24 heavy (non-hydrogen) atoms. The fourth-order valence-corrected chi connectivity index (χ4v) is 2.46. The Morgan fingerprint density at radius 2 is 2.00 bits per heavy atom. The number of nitrogens with zero attached hydrogens (tertiary/aromatic N) is 3. The van der Waals surface area contributed by atoms with Gasteiger partial charge in [-0.15, -0.1) is 0 Å². The van der Waals surface area contributed by atoms with Crippen LogP contribution in [0, 0.1) is 6.92 Å². The van der Waals surface area contributed by atoms with Crippen molar-refractivity contribution in [2.45, 2.75) is 33.2 Å². The smallest absolute Gasteiger partial charge is 0.231 e. The van der Waals surface area contributed by atoms with Crippen molar-refractivity contribution < 1.29 is 9.21 Å². The summed E-state index contributed by atoms with van der Waals surface area (Å²) in [7, 11) is 0. The van der Waals surface area contributed by atoms with E-state index in [4.69, 9.17) is 4.42 Å². The highest BCUT2D eigenvalue weighted by atomic mass is 16.4. The van der Waals surface area contributed by atoms with Crippen LogP contribution < -0.4 is 5.32 Å². The second-order valence-corrected chi connectivity index (χ2v) is 5.87. The molecule has 0 spiro atoms. The van der Waals surface area contributed by atoms with Crippen LogP contribution in [0.1, 0.15) is 31.3 Å². The SMILES string of the molecule is Cc1oc(-c2ccccc2)nc1CC(=O)Nc1ccnn1C(C)C. The Balaban J connectivity index is 1.73. The summed E-state index contributed by atoms with van der Waals surface area (Å²) in [5, 5.41) is 7.08. The fraction of sp³-hybridized carbons (Fsp3) is 0.278. The Hall–Kier alpha value is -2.89. The van der Waals surface area contributed by atoms with Crippen LogP contribution >= 0.6 is 0 Å². The van der Waals surface area contributed by atoms with Gasteiger partial charge in [-0.1, -0.05) is 18.2 Å². The number of amides is 1. The number of aromatic nitrogens is 3. The molecule has 1 N–H and O–H groups in total. The van der Waals surface area contributed by atoms with Crippen molar-refractivity contribution in [3.63, 3.8) is 0 Å². The summed E-state index contributed by atoms with van der Waals surface area (Å²) in [6.45, 7) is 5.84. The first kappa shape index (κ1) is 16.0. The van der Waals surface area contributed by atoms with Gasteiger partial charge in [0.1, 0.15) is 11.6 Å². The summed E-state index contributed by atoms with van der Waals surface area (Å²) in [5.41, 5.74) is 1.53. The zero-order chi connectivity index (χ0) is 17.1. The molecule has 0 radical (unpaired) electrons. The summed E-state index contributed by atoms with van der Waals surface area (Å²) >= 11 is 0. The lowest BCUT2D eigenvalue weighted by atomic mass is 10.2. The Kier molecular flexibility index (Phi) is 4.46. The van der Waals surface area contributed by atoms with E-state index in [0.717, 1.165) is 5.56 Å². The van der Waals surface area contributed by atoms with E-state index < -0.39 is 0 Å². The molecule has 0 unspecified atom stereocenters. The van der Waals surface area contributed by atoms with Gasteiger partial charge < -0.3 is 9.73 Å². The third-order valence-electron chi connectivity index (χ3n) is 3.67. The van der Waals surface area contributed by atoms with E-state index in [9.17, 15) is 4.79 Å². The van der Waals surface area contributed by atoms with Gasteiger partial charge in [0.2, 0.25) is 11.8 Å². The van der Waals surface area contributed by atoms with Crippen molar-refractivity contribution in [2.24, 2.45) is 0 Å². The Labute approximate surface area is 140 Å². The van der Waals surface area contributed by atoms with Crippen LogP contribution in [0.15, 0.2) is 47.0 Å². The molecule has 0 aliphatic heterocycles. The number of rotatable bonds is 5. The molecule has 2 heterocycles. The molecule has 0 saturated carbocycles. The van der Waals surface area contributed by atoms with Gasteiger partial charge in [-0.3, -0.25) is 4.79 Å². The highest BCUT2D eigenvalue weighted by molar-refractivity contribution is 5.91. The van der Waals surface area contributed by atoms with Crippen LogP contribution in [0.3, 0.4) is 0 Å². The number of hydrogen-bond acceptors (Lipinski definition) is 4. The minimum absolute atomic E-state index is 0.145. The van der Waals surface area contributed by atoms with Crippen molar-refractivity contribution in [3.8, 4) is 11.5 Å². The van der Waals surface area contributed by atoms with Crippen molar-refractivity contribution in [2.75, 3.05) is 5.32 Å². The number of aryl methyl sites for hydroxylation is 1. The molecule has 2 aromatic heterocycles. The summed E-state index contributed by atoms with van der Waals surface area (Å²) < 4.78 is 7.46. The molecule has 0 aliphatic rings. The van der Waals surface area contributed by atoms with Crippen LogP contribution in [-0.4, -0.2) is 20.7 Å². The average molecular weight is 324 g/mol. The van der Waals surface area contributed by atoms with E-state index in [2.05, 4.69) is 15.4 Å². The second-order valence-electron chi connectivity index (χ2n) is 5.87. The zero-order valence-electron chi connectivity index (χ0n) is 14.0. The van der Waals surface area contributed by atoms with Gasteiger partial charge in [0.05, 0.1) is 18.3 Å². The molecule has 6 heteroatoms. The maximum atomic E-state index is 12.3. The molecule has 124 valence electrons. The lowest BCUT2D eigenvalue weighted by molar-refractivity contribution is -0.115. The molecule has 3 aromatic rings. The number of carbonyl (C=O) groups excluding carboxylic acids is 1. The first-order valence-electron chi connectivity index (χ1n) is 7.89. The summed E-state index contributed by atoms with van der Waals surface area (Å²) in [6, 6.07) is 11.6. The Bertz CT molecular complexity index is 834. The van der Waals surface area contributed by atoms with E-state index in [-0.39, 0.29) is 18.4 Å². The molecule has 0 saturated heterocycles. The van der Waals surface area contributed by atoms with Gasteiger partial charge in [-0.25, -0.2) is 9.67 Å². The Morgan fingerprint density at radius 1 is 1.25 bits per heavy atom. The lowest BCUT2D eigenvalue weighted by Gasteiger charge is -2.11. The van der Waals surface area contributed by atoms with Gasteiger partial charge in [0, 0.05) is 17.7 Å². The molecule has 0 bridgehead atoms. The molecule has 0 atom stereocenters. The molecule has 3 rings (SSSR count). The van der Waals surface area contributed by atoms with E-state index in [1.165, 1.54) is 0 Å². The predicted molar refractivity (Wildman–Crippen MR) is 91.6 cm³/mol. The highest BCUT2D eigenvalue weighted by Gasteiger charge is 2.16. The van der Waals surface area contributed by atoms with Gasteiger partial charge >= 0.3 is 0 Å². The van der Waals surface area contributed by atoms with Crippen molar-refractivity contribution in [3.05, 3.63) is 54.0 Å². The van der Waals surface area contributed by atoms with Crippen molar-refractivity contribution in [1.29, 1.82) is 0 Å². The predicted octanol–water partition coefficient (Wildman–Crippen LogP) is 3.61. The summed E-state index contributed by atoms with van der Waals surface area (Å²) in [4.78, 5) is 16.8. The van der Waals surface area contributed by atoms with Crippen LogP contribution in [0.2, 0.25) is 0 Å². The van der Waals surface area contributed by atoms with Crippen LogP contribution in [-0.2, 0) is 11.2 Å². The number of benzene rings is 1. The highest BCUT2D eigenvalue weighted by Crippen LogP contribution is 2.22. The van der Waals surface area contributed by atoms with Gasteiger partial charge in [0.15, 0.2) is 0 Å². The average Bonchev–Trinajstić information content (AvgIpc) is 3.15. The van der Waals surface area contributed by atoms with Crippen LogP contribution in [0.25, 0.3) is 11.5 Å². The van der Waals surface area contributed by atoms with Gasteiger partial charge in [-0.2, -0.15) is 5.10 Å². The zero-order valence-corrected chi connectivity index (χ0v) is 14.0. The van der Waals surface area contributed by atoms with E-state index in [1.54, 1.807) is 16.9 Å². The normalized spacial score (nSPS) is 11.0. The molecule has 1 amide bonds. The Morgan fingerprint density at radius 3 is 2.71 bits per heavy atom. The number of nitrogens with one attached hydrogen (secondary N) is 1. The minimum Gasteiger partial charge on any atom is -0.441 e. The first-order valence-corrected chi connectivity index (χ1v) is 7.89. The van der Waals surface area contributed by atoms with Crippen LogP contribution in [0.5, 0.6) is 0 Å². The molecule has 0 aliphatic carbocycles. The fourth-order valence-electron chi connectivity index (χ4n) is 2.46. The number of oxazole rings is 1. The summed E-state index contributed by atoms with van der Waals surface area (Å²) in [6.07, 6.45) is 1.83. The molecular weight excluding hydrogens is 304 g/mol. The van der Waals surface area contributed by atoms with E-state index in [0.29, 0.717) is 23.2 Å². The van der Waals surface area contributed by atoms with Crippen molar-refractivity contribution in [1.82, 2.24) is 14.8 Å². The standard InChI is InChI=1S/C18H20N4O2/c1-12(2)22-16(9-10-19-22)21-17(23)11-15-13(3)24-18(20-15)14-7-5-4-6-8-14/h4-10,12H,11H2,1-3H3,(H,21,23). The lowest BCUT2D eigenvalue weighted by Crippen LogP contribution is -2.18. The topological polar surface area (TPSA) is 73.0 Å². The molecule has 1 aromatic carbocycles. The number of hydrogen-bond donors (Lipinski definition) is 1. The van der Waals surface area contributed by atoms with Gasteiger partial charge in [0.25, 0.3) is 0 Å². The van der Waals surface area contributed by atoms with Crippen LogP contribution in [0.4, 0.5) is 5.82 Å². The number of anilines is 1. The third kappa shape index (κ3) is 3.37. The third-order valence-corrected chi connectivity index (χ3v) is 3.67. The van der Waals surface area contributed by atoms with E-state index in [1.807, 2.05) is 51.1 Å². The quantitative estimate of drug-likeness (QED) is 0.778. The van der Waals surface area contributed by atoms with Crippen molar-refractivity contribution >= 4 is 11.7 Å². The van der Waals surface area contributed by atoms with E-state index >= 15 is 0 Å². The number of carbonyl (C=O) groups is 1. The second kappa shape index (κ2) is 6.70. The monoisotopic (exact) mass is 324 g/mol. The summed E-state index contributed by atoms with van der Waals surface area (Å²) in [5.74, 6) is 1.72. The first-order chi connectivity index (χ1) is 11.5. The largest absolute Gasteiger partial charge is 0.441 e. The maximum Gasteiger partial charge on any atom is 0.231 e. The maximum absolute atomic E-state index is 12.3.